The Morgan fingerprint density at radius 3 is 2.66 bits per heavy atom. The van der Waals surface area contributed by atoms with Crippen molar-refractivity contribution >= 4 is 40.0 Å². The lowest BCUT2D eigenvalue weighted by Gasteiger charge is -2.34. The molecule has 1 aromatic carbocycles. The Bertz CT molecular complexity index is 794. The van der Waals surface area contributed by atoms with E-state index < -0.39 is 0 Å². The van der Waals surface area contributed by atoms with Crippen molar-refractivity contribution in [3.8, 4) is 0 Å². The number of hydrogen-bond donors (Lipinski definition) is 1. The van der Waals surface area contributed by atoms with E-state index in [2.05, 4.69) is 20.4 Å². The molecule has 0 spiro atoms. The fraction of sp³-hybridized carbons (Fsp3) is 0.474. The molecule has 8 nitrogen and oxygen atoms in total. The van der Waals surface area contributed by atoms with Crippen LogP contribution in [0.4, 0.5) is 5.13 Å². The summed E-state index contributed by atoms with van der Waals surface area (Å²) in [6.45, 7) is 3.82. The summed E-state index contributed by atoms with van der Waals surface area (Å²) in [5.74, 6) is 0.415. The normalized spacial score (nSPS) is 14.1. The number of ether oxygens (including phenoxy) is 1. The van der Waals surface area contributed by atoms with Crippen LogP contribution >= 0.6 is 23.1 Å². The average molecular weight is 436 g/mol. The minimum Gasteiger partial charge on any atom is -0.383 e. The predicted molar refractivity (Wildman–Crippen MR) is 114 cm³/mol. The number of amides is 2. The molecule has 0 radical (unpaired) electrons. The van der Waals surface area contributed by atoms with Crippen molar-refractivity contribution < 1.29 is 14.3 Å². The van der Waals surface area contributed by atoms with E-state index in [-0.39, 0.29) is 11.8 Å². The fourth-order valence-corrected chi connectivity index (χ4v) is 4.61. The quantitative estimate of drug-likeness (QED) is 0.469. The molecular formula is C19H25N5O3S2. The SMILES string of the molecule is COCCNC(=O)CSc1nnc(N2CCN(C(=O)Cc3ccccc3)CC2)s1. The number of hydrogen-bond acceptors (Lipinski definition) is 8. The standard InChI is InChI=1S/C19H25N5O3S2/c1-27-12-7-20-16(25)14-28-19-22-21-18(29-19)24-10-8-23(9-11-24)17(26)13-15-5-3-2-4-6-15/h2-6H,7-14H2,1H3,(H,20,25). The third-order valence-corrected chi connectivity index (χ3v) is 6.57. The number of nitrogens with one attached hydrogen (secondary N) is 1. The van der Waals surface area contributed by atoms with Gasteiger partial charge in [0.2, 0.25) is 16.9 Å². The third-order valence-electron chi connectivity index (χ3n) is 4.45. The van der Waals surface area contributed by atoms with Gasteiger partial charge in [0.25, 0.3) is 0 Å². The Labute approximate surface area is 178 Å². The van der Waals surface area contributed by atoms with Gasteiger partial charge in [0.15, 0.2) is 4.34 Å². The summed E-state index contributed by atoms with van der Waals surface area (Å²) in [7, 11) is 1.60. The molecule has 1 aliphatic heterocycles. The summed E-state index contributed by atoms with van der Waals surface area (Å²) >= 11 is 2.86. The van der Waals surface area contributed by atoms with Gasteiger partial charge in [0.1, 0.15) is 0 Å². The number of aromatic nitrogens is 2. The van der Waals surface area contributed by atoms with Gasteiger partial charge in [-0.25, -0.2) is 0 Å². The molecule has 3 rings (SSSR count). The number of nitrogens with zero attached hydrogens (tertiary/aromatic N) is 4. The average Bonchev–Trinajstić information content (AvgIpc) is 3.22. The van der Waals surface area contributed by atoms with Gasteiger partial charge in [-0.2, -0.15) is 0 Å². The summed E-state index contributed by atoms with van der Waals surface area (Å²) in [5, 5.41) is 12.0. The van der Waals surface area contributed by atoms with Gasteiger partial charge in [0, 0.05) is 39.8 Å². The largest absolute Gasteiger partial charge is 0.383 e. The first-order chi connectivity index (χ1) is 14.2. The first kappa shape index (κ1) is 21.5. The summed E-state index contributed by atoms with van der Waals surface area (Å²) in [6.07, 6.45) is 0.437. The molecule has 156 valence electrons. The summed E-state index contributed by atoms with van der Waals surface area (Å²) < 4.78 is 5.67. The Hall–Kier alpha value is -2.17. The lowest BCUT2D eigenvalue weighted by molar-refractivity contribution is -0.130. The van der Waals surface area contributed by atoms with Gasteiger partial charge in [-0.1, -0.05) is 53.4 Å². The highest BCUT2D eigenvalue weighted by Crippen LogP contribution is 2.28. The minimum atomic E-state index is -0.0469. The highest BCUT2D eigenvalue weighted by molar-refractivity contribution is 8.01. The molecule has 29 heavy (non-hydrogen) atoms. The zero-order chi connectivity index (χ0) is 20.5. The van der Waals surface area contributed by atoms with Gasteiger partial charge in [0.05, 0.1) is 18.8 Å². The Morgan fingerprint density at radius 1 is 1.17 bits per heavy atom. The number of rotatable bonds is 9. The molecule has 1 N–H and O–H groups in total. The molecule has 2 aromatic rings. The molecule has 2 heterocycles. The van der Waals surface area contributed by atoms with Crippen LogP contribution in [0.25, 0.3) is 0 Å². The van der Waals surface area contributed by atoms with Crippen LogP contribution < -0.4 is 10.2 Å². The van der Waals surface area contributed by atoms with Gasteiger partial charge in [-0.3, -0.25) is 9.59 Å². The molecule has 1 saturated heterocycles. The zero-order valence-electron chi connectivity index (χ0n) is 16.4. The molecule has 1 aromatic heterocycles. The van der Waals surface area contributed by atoms with Gasteiger partial charge >= 0.3 is 0 Å². The van der Waals surface area contributed by atoms with Crippen LogP contribution in [0.15, 0.2) is 34.7 Å². The lowest BCUT2D eigenvalue weighted by atomic mass is 10.1. The first-order valence-electron chi connectivity index (χ1n) is 9.44. The molecule has 1 fully saturated rings. The monoisotopic (exact) mass is 435 g/mol. The van der Waals surface area contributed by atoms with Crippen molar-refractivity contribution in [2.75, 3.05) is 57.1 Å². The van der Waals surface area contributed by atoms with Crippen LogP contribution in [0.5, 0.6) is 0 Å². The summed E-state index contributed by atoms with van der Waals surface area (Å²) in [6, 6.07) is 9.82. The van der Waals surface area contributed by atoms with Crippen LogP contribution in [0, 0.1) is 0 Å². The first-order valence-corrected chi connectivity index (χ1v) is 11.2. The molecule has 0 unspecified atom stereocenters. The molecule has 1 aliphatic rings. The Balaban J connectivity index is 1.42. The molecule has 0 saturated carbocycles. The topological polar surface area (TPSA) is 87.7 Å². The second-order valence-corrected chi connectivity index (χ2v) is 8.69. The molecule has 10 heteroatoms. The number of thioether (sulfide) groups is 1. The predicted octanol–water partition coefficient (Wildman–Crippen LogP) is 1.28. The van der Waals surface area contributed by atoms with Gasteiger partial charge in [-0.15, -0.1) is 10.2 Å². The van der Waals surface area contributed by atoms with Crippen molar-refractivity contribution in [3.63, 3.8) is 0 Å². The maximum Gasteiger partial charge on any atom is 0.230 e. The van der Waals surface area contributed by atoms with Crippen LogP contribution in [0.1, 0.15) is 5.56 Å². The van der Waals surface area contributed by atoms with Crippen molar-refractivity contribution in [1.82, 2.24) is 20.4 Å². The lowest BCUT2D eigenvalue weighted by Crippen LogP contribution is -2.49. The van der Waals surface area contributed by atoms with Crippen molar-refractivity contribution in [3.05, 3.63) is 35.9 Å². The number of carbonyl (C=O) groups excluding carboxylic acids is 2. The van der Waals surface area contributed by atoms with Crippen molar-refractivity contribution in [2.24, 2.45) is 0 Å². The smallest absolute Gasteiger partial charge is 0.230 e. The maximum atomic E-state index is 12.5. The maximum absolute atomic E-state index is 12.5. The van der Waals surface area contributed by atoms with Crippen LogP contribution in [0.3, 0.4) is 0 Å². The van der Waals surface area contributed by atoms with Crippen LogP contribution in [-0.4, -0.2) is 79.1 Å². The number of carbonyl (C=O) groups is 2. The number of anilines is 1. The molecule has 0 bridgehead atoms. The highest BCUT2D eigenvalue weighted by atomic mass is 32.2. The van der Waals surface area contributed by atoms with E-state index in [1.165, 1.54) is 23.1 Å². The number of benzene rings is 1. The second kappa shape index (κ2) is 11.1. The Morgan fingerprint density at radius 2 is 1.93 bits per heavy atom. The van der Waals surface area contributed by atoms with Gasteiger partial charge < -0.3 is 19.9 Å². The van der Waals surface area contributed by atoms with Gasteiger partial charge in [-0.05, 0) is 5.56 Å². The third kappa shape index (κ3) is 6.69. The molecule has 2 amide bonds. The second-order valence-electron chi connectivity index (χ2n) is 6.51. The van der Waals surface area contributed by atoms with E-state index in [0.717, 1.165) is 28.1 Å². The van der Waals surface area contributed by atoms with Crippen LogP contribution in [-0.2, 0) is 20.7 Å². The number of methoxy groups -OCH3 is 1. The van der Waals surface area contributed by atoms with E-state index in [0.29, 0.717) is 38.4 Å². The van der Waals surface area contributed by atoms with E-state index in [9.17, 15) is 9.59 Å². The zero-order valence-corrected chi connectivity index (χ0v) is 18.0. The van der Waals surface area contributed by atoms with E-state index in [1.54, 1.807) is 7.11 Å². The van der Waals surface area contributed by atoms with E-state index in [1.807, 2.05) is 35.2 Å². The highest BCUT2D eigenvalue weighted by Gasteiger charge is 2.23. The number of piperazine rings is 1. The van der Waals surface area contributed by atoms with E-state index in [4.69, 9.17) is 4.74 Å². The van der Waals surface area contributed by atoms with Crippen molar-refractivity contribution in [2.45, 2.75) is 10.8 Å². The Kier molecular flexibility index (Phi) is 8.26. The summed E-state index contributed by atoms with van der Waals surface area (Å²) in [5.41, 5.74) is 1.04. The molecule has 0 aliphatic carbocycles. The van der Waals surface area contributed by atoms with Crippen molar-refractivity contribution in [1.29, 1.82) is 0 Å². The molecular weight excluding hydrogens is 410 g/mol. The fourth-order valence-electron chi connectivity index (χ4n) is 2.89. The minimum absolute atomic E-state index is 0.0469. The van der Waals surface area contributed by atoms with Crippen LogP contribution in [0.2, 0.25) is 0 Å². The molecule has 0 atom stereocenters. The van der Waals surface area contributed by atoms with E-state index >= 15 is 0 Å². The summed E-state index contributed by atoms with van der Waals surface area (Å²) in [4.78, 5) is 28.3.